The van der Waals surface area contributed by atoms with Crippen LogP contribution >= 0.6 is 0 Å². The normalized spacial score (nSPS) is 13.5. The summed E-state index contributed by atoms with van der Waals surface area (Å²) in [6.07, 6.45) is 1.86. The van der Waals surface area contributed by atoms with E-state index in [0.29, 0.717) is 40.0 Å². The van der Waals surface area contributed by atoms with Crippen molar-refractivity contribution < 1.29 is 13.2 Å². The van der Waals surface area contributed by atoms with E-state index in [9.17, 15) is 4.39 Å². The molecule has 0 bridgehead atoms. The summed E-state index contributed by atoms with van der Waals surface area (Å²) in [7, 11) is -2.08. The molecule has 0 saturated heterocycles. The largest absolute Gasteiger partial charge is 0.543 e. The molecule has 0 aliphatic rings. The second-order valence-corrected chi connectivity index (χ2v) is 13.9. The van der Waals surface area contributed by atoms with Crippen LogP contribution in [0.5, 0.6) is 5.75 Å². The topological polar surface area (TPSA) is 33.0 Å². The minimum absolute atomic E-state index is 0.0119. The van der Waals surface area contributed by atoms with Gasteiger partial charge in [0.25, 0.3) is 0 Å². The molecule has 2 aromatic carbocycles. The Morgan fingerprint density at radius 2 is 1.74 bits per heavy atom. The highest BCUT2D eigenvalue weighted by Gasteiger charge is 2.39. The Morgan fingerprint density at radius 3 is 2.26 bits per heavy atom. The van der Waals surface area contributed by atoms with E-state index >= 15 is 4.39 Å². The van der Waals surface area contributed by atoms with Gasteiger partial charge in [0.1, 0.15) is 17.4 Å². The third kappa shape index (κ3) is 5.92. The highest BCUT2D eigenvalue weighted by atomic mass is 28.4. The lowest BCUT2D eigenvalue weighted by atomic mass is 9.99. The van der Waals surface area contributed by atoms with E-state index in [2.05, 4.69) is 33.9 Å². The predicted octanol–water partition coefficient (Wildman–Crippen LogP) is 8.28. The van der Waals surface area contributed by atoms with Gasteiger partial charge in [-0.05, 0) is 84.6 Å². The molecule has 0 fully saturated rings. The lowest BCUT2D eigenvalue weighted by Gasteiger charge is -2.36. The molecular formula is C26H31F2NOSi. The van der Waals surface area contributed by atoms with Gasteiger partial charge in [-0.15, -0.1) is 0 Å². The molecule has 0 radical (unpaired) electrons. The van der Waals surface area contributed by atoms with Crippen molar-refractivity contribution in [2.45, 2.75) is 59.2 Å². The van der Waals surface area contributed by atoms with Crippen LogP contribution in [0.4, 0.5) is 8.78 Å². The van der Waals surface area contributed by atoms with Gasteiger partial charge in [0.2, 0.25) is 8.32 Å². The Morgan fingerprint density at radius 1 is 1.13 bits per heavy atom. The highest BCUT2D eigenvalue weighted by Crippen LogP contribution is 2.38. The van der Waals surface area contributed by atoms with Gasteiger partial charge in [0.15, 0.2) is 0 Å². The molecule has 0 atom stereocenters. The van der Waals surface area contributed by atoms with Crippen LogP contribution in [-0.4, -0.2) is 8.32 Å². The molecule has 0 unspecified atom stereocenters. The van der Waals surface area contributed by atoms with Crippen LogP contribution in [-0.2, 0) is 0 Å². The van der Waals surface area contributed by atoms with Crippen LogP contribution in [0.3, 0.4) is 0 Å². The fourth-order valence-corrected chi connectivity index (χ4v) is 3.85. The quantitative estimate of drug-likeness (QED) is 0.335. The van der Waals surface area contributed by atoms with Gasteiger partial charge >= 0.3 is 0 Å². The predicted molar refractivity (Wildman–Crippen MR) is 127 cm³/mol. The maximum Gasteiger partial charge on any atom is 0.250 e. The molecule has 0 spiro atoms. The Labute approximate surface area is 186 Å². The second-order valence-electron chi connectivity index (χ2n) is 9.19. The molecule has 0 heterocycles. The zero-order chi connectivity index (χ0) is 23.4. The maximum absolute atomic E-state index is 15.0. The van der Waals surface area contributed by atoms with E-state index in [1.165, 1.54) is 12.1 Å². The summed E-state index contributed by atoms with van der Waals surface area (Å²) in [4.78, 5) is 0. The third-order valence-electron chi connectivity index (χ3n) is 5.95. The standard InChI is InChI=1S/C26H31F2NOSi/c1-8-20(15-25(28)18(2)21-11-9-19(17-29)10-12-21)23-16-22(13-14-24(23)27)30-31(6,7)26(3,4)5/h9-16H,8H2,1-7H3/b20-15+,25-18-. The molecule has 0 aliphatic carbocycles. The average molecular weight is 440 g/mol. The van der Waals surface area contributed by atoms with Crippen LogP contribution in [0.1, 0.15) is 57.7 Å². The molecule has 0 amide bonds. The monoisotopic (exact) mass is 439 g/mol. The number of hydrogen-bond donors (Lipinski definition) is 0. The van der Waals surface area contributed by atoms with Crippen LogP contribution in [0, 0.1) is 17.1 Å². The molecule has 2 nitrogen and oxygen atoms in total. The zero-order valence-corrected chi connectivity index (χ0v) is 20.4. The summed E-state index contributed by atoms with van der Waals surface area (Å²) in [5.74, 6) is -0.230. The first-order valence-corrected chi connectivity index (χ1v) is 13.4. The van der Waals surface area contributed by atoms with Crippen molar-refractivity contribution in [3.8, 4) is 11.8 Å². The molecule has 2 aromatic rings. The maximum atomic E-state index is 15.0. The molecule has 0 saturated carbocycles. The van der Waals surface area contributed by atoms with Gasteiger partial charge in [-0.25, -0.2) is 8.78 Å². The van der Waals surface area contributed by atoms with Crippen molar-refractivity contribution in [3.05, 3.63) is 76.9 Å². The number of nitrogens with zero attached hydrogens (tertiary/aromatic N) is 1. The summed E-state index contributed by atoms with van der Waals surface area (Å²) < 4.78 is 36.0. The number of rotatable bonds is 6. The van der Waals surface area contributed by atoms with E-state index in [1.807, 2.05) is 13.0 Å². The number of benzene rings is 2. The van der Waals surface area contributed by atoms with Crippen molar-refractivity contribution in [1.82, 2.24) is 0 Å². The summed E-state index contributed by atoms with van der Waals surface area (Å²) in [6.45, 7) is 14.3. The lowest BCUT2D eigenvalue weighted by Crippen LogP contribution is -2.43. The third-order valence-corrected chi connectivity index (χ3v) is 10.3. The first kappa shape index (κ1) is 24.6. The number of hydrogen-bond acceptors (Lipinski definition) is 2. The van der Waals surface area contributed by atoms with E-state index < -0.39 is 20.0 Å². The number of allylic oxidation sites excluding steroid dienone is 4. The van der Waals surface area contributed by atoms with Gasteiger partial charge in [-0.1, -0.05) is 39.8 Å². The average Bonchev–Trinajstić information content (AvgIpc) is 2.72. The molecule has 0 aliphatic heterocycles. The summed E-state index contributed by atoms with van der Waals surface area (Å²) >= 11 is 0. The van der Waals surface area contributed by atoms with Gasteiger partial charge in [0.05, 0.1) is 11.6 Å². The molecule has 2 rings (SSSR count). The molecule has 31 heavy (non-hydrogen) atoms. The zero-order valence-electron chi connectivity index (χ0n) is 19.4. The Bertz CT molecular complexity index is 1040. The molecule has 5 heteroatoms. The van der Waals surface area contributed by atoms with Gasteiger partial charge in [-0.3, -0.25) is 0 Å². The molecule has 164 valence electrons. The Hall–Kier alpha value is -2.71. The van der Waals surface area contributed by atoms with Gasteiger partial charge in [-0.2, -0.15) is 5.26 Å². The summed E-state index contributed by atoms with van der Waals surface area (Å²) in [5.41, 5.74) is 2.54. The van der Waals surface area contributed by atoms with E-state index in [-0.39, 0.29) is 5.04 Å². The number of nitriles is 1. The lowest BCUT2D eigenvalue weighted by molar-refractivity contribution is 0.490. The van der Waals surface area contributed by atoms with Crippen molar-refractivity contribution in [2.75, 3.05) is 0 Å². The fourth-order valence-electron chi connectivity index (χ4n) is 2.83. The van der Waals surface area contributed by atoms with Crippen molar-refractivity contribution in [1.29, 1.82) is 5.26 Å². The van der Waals surface area contributed by atoms with E-state index in [0.717, 1.165) is 0 Å². The molecule has 0 N–H and O–H groups in total. The minimum Gasteiger partial charge on any atom is -0.543 e. The van der Waals surface area contributed by atoms with Crippen molar-refractivity contribution >= 4 is 19.5 Å². The van der Waals surface area contributed by atoms with Gasteiger partial charge < -0.3 is 4.43 Å². The van der Waals surface area contributed by atoms with Crippen LogP contribution in [0.2, 0.25) is 18.1 Å². The van der Waals surface area contributed by atoms with E-state index in [4.69, 9.17) is 9.69 Å². The van der Waals surface area contributed by atoms with Crippen LogP contribution in [0.15, 0.2) is 54.4 Å². The SMILES string of the molecule is CC/C(=C\C(F)=C(/C)c1ccc(C#N)cc1)c1cc(O[Si](C)(C)C(C)(C)C)ccc1F. The smallest absolute Gasteiger partial charge is 0.250 e. The van der Waals surface area contributed by atoms with Crippen LogP contribution in [0.25, 0.3) is 11.1 Å². The van der Waals surface area contributed by atoms with Crippen LogP contribution < -0.4 is 4.43 Å². The molecule has 0 aromatic heterocycles. The summed E-state index contributed by atoms with van der Waals surface area (Å²) in [5, 5.41) is 8.94. The fraction of sp³-hybridized carbons (Fsp3) is 0.346. The highest BCUT2D eigenvalue weighted by molar-refractivity contribution is 6.74. The van der Waals surface area contributed by atoms with Crippen molar-refractivity contribution in [3.63, 3.8) is 0 Å². The Balaban J connectivity index is 2.44. The summed E-state index contributed by atoms with van der Waals surface area (Å²) in [6, 6.07) is 13.5. The minimum atomic E-state index is -2.08. The Kier molecular flexibility index (Phi) is 7.61. The second kappa shape index (κ2) is 9.61. The number of halogens is 2. The molecular weight excluding hydrogens is 408 g/mol. The first-order valence-electron chi connectivity index (χ1n) is 10.5. The van der Waals surface area contributed by atoms with Crippen molar-refractivity contribution in [2.24, 2.45) is 0 Å². The first-order chi connectivity index (χ1) is 14.4. The van der Waals surface area contributed by atoms with E-state index in [1.54, 1.807) is 43.3 Å². The van der Waals surface area contributed by atoms with Gasteiger partial charge in [0, 0.05) is 5.56 Å².